The Kier molecular flexibility index (Phi) is 4.78. The lowest BCUT2D eigenvalue weighted by molar-refractivity contribution is 0.0779. The smallest absolute Gasteiger partial charge is 0.534 e. The zero-order valence-corrected chi connectivity index (χ0v) is 10.6. The summed E-state index contributed by atoms with van der Waals surface area (Å²) in [6, 6.07) is 5.35. The number of benzene rings is 1. The van der Waals surface area contributed by atoms with Crippen LogP contribution in [0.2, 0.25) is 0 Å². The molecule has 0 aromatic heterocycles. The largest absolute Gasteiger partial charge is 0.758 e. The van der Waals surface area contributed by atoms with Crippen molar-refractivity contribution in [3.05, 3.63) is 24.3 Å². The molecule has 0 aliphatic heterocycles. The molecule has 0 spiro atoms. The Balaban J connectivity index is 2.85. The van der Waals surface area contributed by atoms with Crippen LogP contribution >= 0.6 is 0 Å². The number of carbonyl (C=O) groups excluding carboxylic acids is 1. The summed E-state index contributed by atoms with van der Waals surface area (Å²) in [4.78, 5) is 16.1. The predicted molar refractivity (Wildman–Crippen MR) is 58.7 cm³/mol. The van der Waals surface area contributed by atoms with Gasteiger partial charge in [-0.25, -0.2) is 13.2 Å². The van der Waals surface area contributed by atoms with E-state index in [4.69, 9.17) is 0 Å². The van der Waals surface area contributed by atoms with Crippen LogP contribution in [0.4, 0.5) is 4.79 Å². The summed E-state index contributed by atoms with van der Waals surface area (Å²) in [5.74, 6) is -0.261. The minimum Gasteiger partial charge on any atom is -0.758 e. The molecule has 0 aliphatic rings. The molecule has 8 nitrogen and oxygen atoms in total. The average molecular weight is 294 g/mol. The molecule has 18 heavy (non-hydrogen) atoms. The number of rotatable bonds is 4. The SMILES string of the molecule is CS(=O)(=O)c1ccccc1OC(=O)ONS(=O)[O-]. The quantitative estimate of drug-likeness (QED) is 0.356. The van der Waals surface area contributed by atoms with Crippen LogP contribution in [0.5, 0.6) is 5.75 Å². The minimum absolute atomic E-state index is 0.217. The van der Waals surface area contributed by atoms with E-state index < -0.39 is 27.3 Å². The molecule has 0 heterocycles. The molecule has 1 atom stereocenters. The van der Waals surface area contributed by atoms with Crippen LogP contribution in [0.25, 0.3) is 0 Å². The standard InChI is InChI=1S/C8H9NO7S2/c1-18(13,14)7-5-3-2-4-6(7)15-8(10)16-9-17(11)12/h2-5,9H,1H3,(H,11,12)/p-1. The molecule has 0 aliphatic carbocycles. The van der Waals surface area contributed by atoms with Gasteiger partial charge in [0.25, 0.3) is 0 Å². The first-order valence-corrected chi connectivity index (χ1v) is 7.30. The molecule has 0 amide bonds. The van der Waals surface area contributed by atoms with Crippen molar-refractivity contribution in [1.82, 2.24) is 4.89 Å². The first-order chi connectivity index (χ1) is 8.30. The van der Waals surface area contributed by atoms with Crippen molar-refractivity contribution in [2.75, 3.05) is 6.26 Å². The second-order valence-electron chi connectivity index (χ2n) is 2.99. The van der Waals surface area contributed by atoms with E-state index in [1.807, 2.05) is 0 Å². The average Bonchev–Trinajstić information content (AvgIpc) is 2.25. The maximum Gasteiger partial charge on any atom is 0.534 e. The lowest BCUT2D eigenvalue weighted by Gasteiger charge is -2.09. The number of hydrogen-bond acceptors (Lipinski definition) is 7. The molecule has 0 saturated carbocycles. The monoisotopic (exact) mass is 294 g/mol. The van der Waals surface area contributed by atoms with Crippen LogP contribution in [0.1, 0.15) is 0 Å². The summed E-state index contributed by atoms with van der Waals surface area (Å²) >= 11 is -2.81. The van der Waals surface area contributed by atoms with Gasteiger partial charge < -0.3 is 14.1 Å². The van der Waals surface area contributed by atoms with Crippen molar-refractivity contribution in [2.45, 2.75) is 4.90 Å². The van der Waals surface area contributed by atoms with Crippen molar-refractivity contribution in [3.63, 3.8) is 0 Å². The molecular formula is C8H8NO7S2-. The fraction of sp³-hybridized carbons (Fsp3) is 0.125. The zero-order chi connectivity index (χ0) is 13.8. The van der Waals surface area contributed by atoms with Crippen molar-refractivity contribution in [2.24, 2.45) is 0 Å². The van der Waals surface area contributed by atoms with E-state index in [2.05, 4.69) is 9.57 Å². The number of nitrogens with one attached hydrogen (secondary N) is 1. The van der Waals surface area contributed by atoms with Crippen LogP contribution in [0.3, 0.4) is 0 Å². The van der Waals surface area contributed by atoms with Gasteiger partial charge in [-0.2, -0.15) is 0 Å². The number of sulfone groups is 1. The third-order valence-electron chi connectivity index (χ3n) is 1.63. The lowest BCUT2D eigenvalue weighted by Crippen LogP contribution is -2.24. The molecule has 1 aromatic carbocycles. The summed E-state index contributed by atoms with van der Waals surface area (Å²) in [6.07, 6.45) is -0.471. The van der Waals surface area contributed by atoms with E-state index in [0.717, 1.165) is 6.26 Å². The van der Waals surface area contributed by atoms with E-state index in [1.54, 1.807) is 0 Å². The van der Waals surface area contributed by atoms with Crippen LogP contribution in [0.15, 0.2) is 29.2 Å². The van der Waals surface area contributed by atoms with Gasteiger partial charge >= 0.3 is 6.16 Å². The van der Waals surface area contributed by atoms with Crippen molar-refractivity contribution in [3.8, 4) is 5.75 Å². The summed E-state index contributed by atoms with van der Waals surface area (Å²) in [5.41, 5.74) is 0. The normalized spacial score (nSPS) is 12.8. The lowest BCUT2D eigenvalue weighted by atomic mass is 10.3. The highest BCUT2D eigenvalue weighted by atomic mass is 32.2. The van der Waals surface area contributed by atoms with E-state index in [9.17, 15) is 22.0 Å². The van der Waals surface area contributed by atoms with Gasteiger partial charge in [-0.3, -0.25) is 4.21 Å². The maximum atomic E-state index is 11.4. The van der Waals surface area contributed by atoms with E-state index in [-0.39, 0.29) is 10.6 Å². The molecule has 0 saturated heterocycles. The van der Waals surface area contributed by atoms with E-state index in [0.29, 0.717) is 0 Å². The van der Waals surface area contributed by atoms with Crippen LogP contribution in [0, 0.1) is 0 Å². The van der Waals surface area contributed by atoms with Gasteiger partial charge in [-0.1, -0.05) is 17.0 Å². The highest BCUT2D eigenvalue weighted by Gasteiger charge is 2.17. The Bertz CT molecular complexity index is 569. The molecule has 100 valence electrons. The highest BCUT2D eigenvalue weighted by molar-refractivity contribution is 7.90. The predicted octanol–water partition coefficient (Wildman–Crippen LogP) is -0.0958. The second-order valence-corrected chi connectivity index (χ2v) is 5.61. The van der Waals surface area contributed by atoms with Crippen molar-refractivity contribution in [1.29, 1.82) is 0 Å². The number of carbonyl (C=O) groups is 1. The molecular weight excluding hydrogens is 286 g/mol. The van der Waals surface area contributed by atoms with Gasteiger partial charge in [0, 0.05) is 6.26 Å². The van der Waals surface area contributed by atoms with Gasteiger partial charge in [0.1, 0.15) is 4.90 Å². The molecule has 1 unspecified atom stereocenters. The Morgan fingerprint density at radius 1 is 1.39 bits per heavy atom. The molecule has 0 radical (unpaired) electrons. The Hall–Kier alpha value is -1.49. The van der Waals surface area contributed by atoms with Gasteiger partial charge in [0.05, 0.1) is 11.3 Å². The molecule has 1 rings (SSSR count). The fourth-order valence-electron chi connectivity index (χ4n) is 1.02. The van der Waals surface area contributed by atoms with Crippen molar-refractivity contribution >= 4 is 27.3 Å². The topological polar surface area (TPSA) is 122 Å². The van der Waals surface area contributed by atoms with Crippen LogP contribution in [-0.4, -0.2) is 29.6 Å². The summed E-state index contributed by atoms with van der Waals surface area (Å²) in [6.45, 7) is 0. The molecule has 1 N–H and O–H groups in total. The third-order valence-corrected chi connectivity index (χ3v) is 2.99. The minimum atomic E-state index is -3.59. The fourth-order valence-corrected chi connectivity index (χ4v) is 1.96. The third kappa shape index (κ3) is 4.41. The van der Waals surface area contributed by atoms with Gasteiger partial charge in [-0.15, -0.1) is 0 Å². The molecule has 0 fully saturated rings. The van der Waals surface area contributed by atoms with Crippen molar-refractivity contribution < 1.29 is 31.5 Å². The molecule has 10 heteroatoms. The first-order valence-electron chi connectivity index (χ1n) is 4.33. The summed E-state index contributed by atoms with van der Waals surface area (Å²) in [7, 11) is -3.59. The van der Waals surface area contributed by atoms with Gasteiger partial charge in [-0.05, 0) is 12.1 Å². The van der Waals surface area contributed by atoms with Gasteiger partial charge in [0.2, 0.25) is 0 Å². The summed E-state index contributed by atoms with van der Waals surface area (Å²) in [5, 5.41) is 0. The first kappa shape index (κ1) is 14.6. The number of ether oxygens (including phenoxy) is 1. The Labute approximate surface area is 105 Å². The van der Waals surface area contributed by atoms with E-state index in [1.165, 1.54) is 29.2 Å². The highest BCUT2D eigenvalue weighted by Crippen LogP contribution is 2.23. The van der Waals surface area contributed by atoms with Crippen LogP contribution < -0.4 is 9.62 Å². The molecule has 0 bridgehead atoms. The molecule has 1 aromatic rings. The Morgan fingerprint density at radius 3 is 2.56 bits per heavy atom. The number of hydrogen-bond donors (Lipinski definition) is 1. The van der Waals surface area contributed by atoms with E-state index >= 15 is 0 Å². The number of para-hydroxylation sites is 1. The second kappa shape index (κ2) is 5.91. The maximum absolute atomic E-state index is 11.4. The Morgan fingerprint density at radius 2 is 2.00 bits per heavy atom. The van der Waals surface area contributed by atoms with Crippen LogP contribution in [-0.2, 0) is 25.9 Å². The van der Waals surface area contributed by atoms with Gasteiger partial charge in [0.15, 0.2) is 15.6 Å². The zero-order valence-electron chi connectivity index (χ0n) is 8.98. The summed E-state index contributed by atoms with van der Waals surface area (Å²) < 4.78 is 47.3.